The summed E-state index contributed by atoms with van der Waals surface area (Å²) in [5, 5.41) is 20.1. The lowest BCUT2D eigenvalue weighted by Gasteiger charge is -2.12. The summed E-state index contributed by atoms with van der Waals surface area (Å²) in [5.74, 6) is -2.15. The number of rotatable bonds is 3. The Kier molecular flexibility index (Phi) is 3.33. The van der Waals surface area contributed by atoms with E-state index in [0.29, 0.717) is 28.5 Å². The molecule has 1 aromatic heterocycles. The maximum atomic E-state index is 12.1. The number of Topliss-reactive ketones (excluding diaryl/α,β-unsaturated/α-hetero) is 1. The fourth-order valence-corrected chi connectivity index (χ4v) is 2.52. The van der Waals surface area contributed by atoms with Crippen molar-refractivity contribution in [2.24, 2.45) is 0 Å². The molecule has 23 heavy (non-hydrogen) atoms. The number of allylic oxidation sites excluding steroid dienone is 2. The Labute approximate surface area is 130 Å². The molecule has 0 aliphatic heterocycles. The van der Waals surface area contributed by atoms with Crippen molar-refractivity contribution in [2.75, 3.05) is 14.2 Å². The molecule has 1 aliphatic carbocycles. The Bertz CT molecular complexity index is 903. The second kappa shape index (κ2) is 5.20. The average Bonchev–Trinajstić information content (AvgIpc) is 2.94. The Morgan fingerprint density at radius 2 is 1.70 bits per heavy atom. The van der Waals surface area contributed by atoms with Gasteiger partial charge in [-0.1, -0.05) is 0 Å². The smallest absolute Gasteiger partial charge is 0.231 e. The number of aromatic nitrogens is 1. The Hall–Kier alpha value is -3.22. The van der Waals surface area contributed by atoms with Gasteiger partial charge in [0.05, 0.1) is 19.8 Å². The first-order chi connectivity index (χ1) is 11.0. The highest BCUT2D eigenvalue weighted by Gasteiger charge is 2.31. The van der Waals surface area contributed by atoms with Crippen LogP contribution >= 0.6 is 0 Å². The van der Waals surface area contributed by atoms with Crippen LogP contribution in [0.15, 0.2) is 35.9 Å². The van der Waals surface area contributed by atoms with Crippen LogP contribution in [0.4, 0.5) is 0 Å². The summed E-state index contributed by atoms with van der Waals surface area (Å²) in [4.78, 5) is 26.7. The molecule has 1 aromatic carbocycles. The van der Waals surface area contributed by atoms with Gasteiger partial charge >= 0.3 is 0 Å². The van der Waals surface area contributed by atoms with E-state index in [2.05, 4.69) is 4.98 Å². The number of carbonyl (C=O) groups excluding carboxylic acids is 2. The predicted octanol–water partition coefficient (Wildman–Crippen LogP) is 2.05. The number of fused-ring (bicyclic) bond motifs is 1. The molecule has 2 aromatic rings. The first-order valence-electron chi connectivity index (χ1n) is 6.64. The molecule has 0 unspecified atom stereocenters. The number of aliphatic hydroxyl groups is 2. The molecular formula is C16H13NO6. The van der Waals surface area contributed by atoms with Crippen molar-refractivity contribution in [3.63, 3.8) is 0 Å². The van der Waals surface area contributed by atoms with Crippen LogP contribution in [0.1, 0.15) is 5.56 Å². The van der Waals surface area contributed by atoms with E-state index >= 15 is 0 Å². The van der Waals surface area contributed by atoms with Gasteiger partial charge < -0.3 is 24.7 Å². The summed E-state index contributed by atoms with van der Waals surface area (Å²) < 4.78 is 10.4. The van der Waals surface area contributed by atoms with Gasteiger partial charge in [0.25, 0.3) is 0 Å². The SMILES string of the molecule is COc1cc2[nH]cc(C3=C(O)C(=O)C=C(O)C3=O)c2cc1OC. The first kappa shape index (κ1) is 14.7. The Balaban J connectivity index is 2.27. The minimum absolute atomic E-state index is 0.256. The first-order valence-corrected chi connectivity index (χ1v) is 6.64. The van der Waals surface area contributed by atoms with Gasteiger partial charge in [0.15, 0.2) is 23.0 Å². The number of hydrogen-bond acceptors (Lipinski definition) is 6. The van der Waals surface area contributed by atoms with Crippen molar-refractivity contribution in [1.82, 2.24) is 4.98 Å². The second-order valence-electron chi connectivity index (χ2n) is 4.90. The van der Waals surface area contributed by atoms with Crippen molar-refractivity contribution >= 4 is 28.0 Å². The maximum Gasteiger partial charge on any atom is 0.231 e. The fraction of sp³-hybridized carbons (Fsp3) is 0.125. The monoisotopic (exact) mass is 315 g/mol. The summed E-state index contributed by atoms with van der Waals surface area (Å²) in [6.45, 7) is 0. The van der Waals surface area contributed by atoms with Crippen LogP contribution < -0.4 is 9.47 Å². The highest BCUT2D eigenvalue weighted by molar-refractivity contribution is 6.38. The molecule has 118 valence electrons. The van der Waals surface area contributed by atoms with E-state index in [9.17, 15) is 19.8 Å². The third-order valence-electron chi connectivity index (χ3n) is 3.65. The molecule has 7 heteroatoms. The van der Waals surface area contributed by atoms with Crippen molar-refractivity contribution in [1.29, 1.82) is 0 Å². The minimum Gasteiger partial charge on any atom is -0.504 e. The molecule has 0 saturated heterocycles. The van der Waals surface area contributed by atoms with Crippen LogP contribution in [0.5, 0.6) is 11.5 Å². The number of carbonyl (C=O) groups is 2. The zero-order valence-corrected chi connectivity index (χ0v) is 12.3. The molecule has 3 rings (SSSR count). The third kappa shape index (κ3) is 2.13. The van der Waals surface area contributed by atoms with Crippen LogP contribution in [0.2, 0.25) is 0 Å². The Morgan fingerprint density at radius 1 is 1.04 bits per heavy atom. The zero-order valence-electron chi connectivity index (χ0n) is 12.3. The maximum absolute atomic E-state index is 12.1. The molecular weight excluding hydrogens is 302 g/mol. The summed E-state index contributed by atoms with van der Waals surface area (Å²) in [6.07, 6.45) is 2.17. The van der Waals surface area contributed by atoms with Crippen LogP contribution in [0, 0.1) is 0 Å². The lowest BCUT2D eigenvalue weighted by molar-refractivity contribution is -0.117. The van der Waals surface area contributed by atoms with Crippen LogP contribution in [0.25, 0.3) is 16.5 Å². The fourth-order valence-electron chi connectivity index (χ4n) is 2.52. The molecule has 0 spiro atoms. The van der Waals surface area contributed by atoms with E-state index in [0.717, 1.165) is 0 Å². The lowest BCUT2D eigenvalue weighted by atomic mass is 9.93. The molecule has 0 saturated carbocycles. The van der Waals surface area contributed by atoms with E-state index < -0.39 is 23.1 Å². The number of ether oxygens (including phenoxy) is 2. The van der Waals surface area contributed by atoms with Crippen LogP contribution in [-0.4, -0.2) is 41.0 Å². The molecule has 1 heterocycles. The van der Waals surface area contributed by atoms with Crippen molar-refractivity contribution in [3.05, 3.63) is 41.5 Å². The van der Waals surface area contributed by atoms with E-state index in [1.807, 2.05) is 0 Å². The van der Waals surface area contributed by atoms with Gasteiger partial charge in [-0.05, 0) is 6.07 Å². The van der Waals surface area contributed by atoms with E-state index in [1.165, 1.54) is 20.4 Å². The van der Waals surface area contributed by atoms with Crippen LogP contribution in [-0.2, 0) is 9.59 Å². The molecule has 3 N–H and O–H groups in total. The van der Waals surface area contributed by atoms with Gasteiger partial charge in [0, 0.05) is 34.8 Å². The summed E-state index contributed by atoms with van der Waals surface area (Å²) in [7, 11) is 2.96. The summed E-state index contributed by atoms with van der Waals surface area (Å²) in [5.41, 5.74) is 0.650. The number of aliphatic hydroxyl groups excluding tert-OH is 2. The van der Waals surface area contributed by atoms with Crippen molar-refractivity contribution in [3.8, 4) is 11.5 Å². The van der Waals surface area contributed by atoms with Gasteiger partial charge in [0.2, 0.25) is 11.6 Å². The molecule has 0 radical (unpaired) electrons. The number of ketones is 2. The number of aromatic amines is 1. The summed E-state index contributed by atoms with van der Waals surface area (Å²) in [6, 6.07) is 3.29. The van der Waals surface area contributed by atoms with E-state index in [1.54, 1.807) is 12.1 Å². The van der Waals surface area contributed by atoms with Gasteiger partial charge in [-0.15, -0.1) is 0 Å². The van der Waals surface area contributed by atoms with E-state index in [4.69, 9.17) is 9.47 Å². The van der Waals surface area contributed by atoms with Gasteiger partial charge in [0.1, 0.15) is 0 Å². The molecule has 0 bridgehead atoms. The number of benzene rings is 1. The van der Waals surface area contributed by atoms with Gasteiger partial charge in [-0.2, -0.15) is 0 Å². The number of nitrogens with one attached hydrogen (secondary N) is 1. The second-order valence-corrected chi connectivity index (χ2v) is 4.90. The van der Waals surface area contributed by atoms with Gasteiger partial charge in [-0.3, -0.25) is 9.59 Å². The van der Waals surface area contributed by atoms with Crippen LogP contribution in [0.3, 0.4) is 0 Å². The predicted molar refractivity (Wildman–Crippen MR) is 81.7 cm³/mol. The minimum atomic E-state index is -0.827. The van der Waals surface area contributed by atoms with Crippen molar-refractivity contribution < 1.29 is 29.3 Å². The number of hydrogen-bond donors (Lipinski definition) is 3. The third-order valence-corrected chi connectivity index (χ3v) is 3.65. The standard InChI is InChI=1S/C16H13NO6/c1-22-12-3-7-8(6-17-9(7)4-13(12)23-2)14-15(20)10(18)5-11(19)16(14)21/h3-6,17-18,21H,1-2H3. The molecule has 0 atom stereocenters. The molecule has 7 nitrogen and oxygen atoms in total. The van der Waals surface area contributed by atoms with E-state index in [-0.39, 0.29) is 11.1 Å². The molecule has 0 amide bonds. The Morgan fingerprint density at radius 3 is 2.35 bits per heavy atom. The van der Waals surface area contributed by atoms with Crippen molar-refractivity contribution in [2.45, 2.75) is 0 Å². The molecule has 0 fully saturated rings. The topological polar surface area (TPSA) is 109 Å². The summed E-state index contributed by atoms with van der Waals surface area (Å²) >= 11 is 0. The molecule has 1 aliphatic rings. The quantitative estimate of drug-likeness (QED) is 0.748. The lowest BCUT2D eigenvalue weighted by Crippen LogP contribution is -2.18. The largest absolute Gasteiger partial charge is 0.504 e. The van der Waals surface area contributed by atoms with Gasteiger partial charge in [-0.25, -0.2) is 0 Å². The highest BCUT2D eigenvalue weighted by atomic mass is 16.5. The normalized spacial score (nSPS) is 15.1. The number of methoxy groups -OCH3 is 2. The average molecular weight is 315 g/mol. The zero-order chi connectivity index (χ0) is 16.7. The number of H-pyrrole nitrogens is 1. The highest BCUT2D eigenvalue weighted by Crippen LogP contribution is 2.37.